The Morgan fingerprint density at radius 3 is 2.96 bits per heavy atom. The molecule has 1 unspecified atom stereocenters. The molecule has 3 heterocycles. The smallest absolute Gasteiger partial charge is 0.179 e. The normalized spacial score (nSPS) is 19.4. The summed E-state index contributed by atoms with van der Waals surface area (Å²) in [6, 6.07) is 11.9. The minimum absolute atomic E-state index is 0.104. The average molecular weight is 364 g/mol. The molecule has 5 heteroatoms. The monoisotopic (exact) mass is 364 g/mol. The van der Waals surface area contributed by atoms with Gasteiger partial charge in [-0.25, -0.2) is 4.98 Å². The molecule has 1 atom stereocenters. The lowest BCUT2D eigenvalue weighted by molar-refractivity contribution is -0.126. The van der Waals surface area contributed by atoms with Crippen LogP contribution in [0, 0.1) is 6.92 Å². The van der Waals surface area contributed by atoms with Crippen LogP contribution >= 0.6 is 11.3 Å². The van der Waals surface area contributed by atoms with Gasteiger partial charge in [-0.15, -0.1) is 11.3 Å². The van der Waals surface area contributed by atoms with Gasteiger partial charge in [-0.3, -0.25) is 9.59 Å². The van der Waals surface area contributed by atoms with E-state index in [1.165, 1.54) is 5.56 Å². The van der Waals surface area contributed by atoms with Crippen molar-refractivity contribution >= 4 is 22.9 Å². The molecule has 1 aliphatic heterocycles. The summed E-state index contributed by atoms with van der Waals surface area (Å²) in [7, 11) is 0. The van der Waals surface area contributed by atoms with Crippen LogP contribution in [0.25, 0.3) is 10.4 Å². The Kier molecular flexibility index (Phi) is 4.11. The summed E-state index contributed by atoms with van der Waals surface area (Å²) >= 11 is 1.56. The first-order valence-electron chi connectivity index (χ1n) is 8.73. The number of aromatic nitrogens is 2. The molecular formula is C21H20N2O2S. The van der Waals surface area contributed by atoms with Crippen LogP contribution in [0.2, 0.25) is 0 Å². The number of carbonyl (C=O) groups is 2. The third kappa shape index (κ3) is 2.82. The second-order valence-electron chi connectivity index (χ2n) is 7.05. The van der Waals surface area contributed by atoms with Crippen molar-refractivity contribution in [2.75, 3.05) is 0 Å². The highest BCUT2D eigenvalue weighted by Gasteiger charge is 2.40. The minimum atomic E-state index is -0.679. The van der Waals surface area contributed by atoms with E-state index in [1.807, 2.05) is 36.0 Å². The number of aryl methyl sites for hydroxylation is 1. The standard InChI is InChI=1S/C21H20N2O2S/c1-14-5-3-6-15(11-14)18-13-22-20(26-18)12-19(25)21(2)9-8-17(24)16-7-4-10-23(16)21/h3-7,10-11,13H,8-9,12H2,1-2H3. The van der Waals surface area contributed by atoms with E-state index in [2.05, 4.69) is 30.1 Å². The summed E-state index contributed by atoms with van der Waals surface area (Å²) in [5.74, 6) is 0.212. The minimum Gasteiger partial charge on any atom is -0.332 e. The number of hydrogen-bond acceptors (Lipinski definition) is 4. The van der Waals surface area contributed by atoms with E-state index >= 15 is 0 Å². The van der Waals surface area contributed by atoms with Crippen molar-refractivity contribution in [1.29, 1.82) is 0 Å². The lowest BCUT2D eigenvalue weighted by atomic mass is 9.84. The predicted molar refractivity (Wildman–Crippen MR) is 103 cm³/mol. The maximum atomic E-state index is 13.1. The van der Waals surface area contributed by atoms with Gasteiger partial charge in [0.15, 0.2) is 11.6 Å². The number of hydrogen-bond donors (Lipinski definition) is 0. The van der Waals surface area contributed by atoms with Gasteiger partial charge in [-0.05, 0) is 38.0 Å². The maximum Gasteiger partial charge on any atom is 0.179 e. The van der Waals surface area contributed by atoms with Gasteiger partial charge < -0.3 is 4.57 Å². The molecule has 3 aromatic rings. The van der Waals surface area contributed by atoms with Crippen molar-refractivity contribution in [2.24, 2.45) is 0 Å². The molecule has 0 radical (unpaired) electrons. The number of rotatable bonds is 4. The van der Waals surface area contributed by atoms with Gasteiger partial charge in [-0.2, -0.15) is 0 Å². The van der Waals surface area contributed by atoms with Gasteiger partial charge in [0.25, 0.3) is 0 Å². The van der Waals surface area contributed by atoms with Crippen LogP contribution in [0.4, 0.5) is 0 Å². The van der Waals surface area contributed by atoms with Crippen molar-refractivity contribution in [3.05, 3.63) is 65.1 Å². The molecule has 0 bridgehead atoms. The number of carbonyl (C=O) groups excluding carboxylic acids is 2. The van der Waals surface area contributed by atoms with E-state index in [-0.39, 0.29) is 11.6 Å². The van der Waals surface area contributed by atoms with Crippen LogP contribution in [0.3, 0.4) is 0 Å². The largest absolute Gasteiger partial charge is 0.332 e. The molecule has 0 aliphatic carbocycles. The van der Waals surface area contributed by atoms with E-state index in [0.717, 1.165) is 15.4 Å². The van der Waals surface area contributed by atoms with Gasteiger partial charge >= 0.3 is 0 Å². The van der Waals surface area contributed by atoms with E-state index < -0.39 is 5.54 Å². The highest BCUT2D eigenvalue weighted by atomic mass is 32.1. The summed E-state index contributed by atoms with van der Waals surface area (Å²) in [5.41, 5.74) is 2.28. The molecule has 0 N–H and O–H groups in total. The van der Waals surface area contributed by atoms with E-state index in [9.17, 15) is 9.59 Å². The molecule has 4 rings (SSSR count). The van der Waals surface area contributed by atoms with Gasteiger partial charge in [0, 0.05) is 18.8 Å². The van der Waals surface area contributed by atoms with E-state index in [4.69, 9.17) is 0 Å². The zero-order valence-corrected chi connectivity index (χ0v) is 15.7. The fourth-order valence-corrected chi connectivity index (χ4v) is 4.48. The lowest BCUT2D eigenvalue weighted by Crippen LogP contribution is -2.44. The van der Waals surface area contributed by atoms with Crippen LogP contribution in [0.15, 0.2) is 48.8 Å². The predicted octanol–water partition coefficient (Wildman–Crippen LogP) is 4.42. The fourth-order valence-electron chi connectivity index (χ4n) is 3.57. The Morgan fingerprint density at radius 1 is 1.31 bits per heavy atom. The summed E-state index contributed by atoms with van der Waals surface area (Å²) < 4.78 is 1.84. The zero-order chi connectivity index (χ0) is 18.3. The number of benzene rings is 1. The van der Waals surface area contributed by atoms with Gasteiger partial charge in [0.05, 0.1) is 17.0 Å². The van der Waals surface area contributed by atoms with E-state index in [0.29, 0.717) is 25.0 Å². The van der Waals surface area contributed by atoms with Crippen LogP contribution in [-0.4, -0.2) is 21.1 Å². The van der Waals surface area contributed by atoms with Crippen LogP contribution in [-0.2, 0) is 16.8 Å². The molecule has 2 aromatic heterocycles. The highest BCUT2D eigenvalue weighted by molar-refractivity contribution is 7.15. The second kappa shape index (κ2) is 6.32. The van der Waals surface area contributed by atoms with Crippen LogP contribution < -0.4 is 0 Å². The lowest BCUT2D eigenvalue weighted by Gasteiger charge is -2.34. The Bertz CT molecular complexity index is 1000. The molecule has 0 fully saturated rings. The quantitative estimate of drug-likeness (QED) is 0.688. The van der Waals surface area contributed by atoms with Crippen molar-refractivity contribution < 1.29 is 9.59 Å². The zero-order valence-electron chi connectivity index (χ0n) is 14.9. The van der Waals surface area contributed by atoms with Crippen molar-refractivity contribution in [2.45, 2.75) is 38.6 Å². The Hall–Kier alpha value is -2.53. The highest BCUT2D eigenvalue weighted by Crippen LogP contribution is 2.34. The first kappa shape index (κ1) is 16.9. The summed E-state index contributed by atoms with van der Waals surface area (Å²) in [6.07, 6.45) is 4.93. The molecule has 0 spiro atoms. The molecule has 1 aliphatic rings. The summed E-state index contributed by atoms with van der Waals surface area (Å²) in [5, 5.41) is 0.818. The number of Topliss-reactive ketones (excluding diaryl/α,β-unsaturated/α-hetero) is 2. The van der Waals surface area contributed by atoms with Gasteiger partial charge in [0.2, 0.25) is 0 Å². The molecule has 26 heavy (non-hydrogen) atoms. The first-order chi connectivity index (χ1) is 12.5. The Labute approximate surface area is 156 Å². The second-order valence-corrected chi connectivity index (χ2v) is 8.16. The van der Waals surface area contributed by atoms with Crippen molar-refractivity contribution in [1.82, 2.24) is 9.55 Å². The molecule has 0 saturated carbocycles. The van der Waals surface area contributed by atoms with Crippen molar-refractivity contribution in [3.63, 3.8) is 0 Å². The number of ketones is 2. The van der Waals surface area contributed by atoms with Gasteiger partial charge in [-0.1, -0.05) is 29.8 Å². The summed E-state index contributed by atoms with van der Waals surface area (Å²) in [6.45, 7) is 4.00. The molecule has 132 valence electrons. The van der Waals surface area contributed by atoms with Gasteiger partial charge in [0.1, 0.15) is 10.5 Å². The SMILES string of the molecule is Cc1cccc(-c2cnc(CC(=O)C3(C)CCC(=O)c4cccn43)s2)c1. The fraction of sp³-hybridized carbons (Fsp3) is 0.286. The summed E-state index contributed by atoms with van der Waals surface area (Å²) in [4.78, 5) is 30.7. The molecule has 0 saturated heterocycles. The molecule has 1 aromatic carbocycles. The third-order valence-electron chi connectivity index (χ3n) is 5.17. The molecule has 0 amide bonds. The molecular weight excluding hydrogens is 344 g/mol. The van der Waals surface area contributed by atoms with Crippen LogP contribution in [0.5, 0.6) is 0 Å². The molecule has 4 nitrogen and oxygen atoms in total. The maximum absolute atomic E-state index is 13.1. The topological polar surface area (TPSA) is 52.0 Å². The van der Waals surface area contributed by atoms with Crippen molar-refractivity contribution in [3.8, 4) is 10.4 Å². The van der Waals surface area contributed by atoms with E-state index in [1.54, 1.807) is 17.4 Å². The number of fused-ring (bicyclic) bond motifs is 1. The Morgan fingerprint density at radius 2 is 2.15 bits per heavy atom. The number of nitrogens with zero attached hydrogens (tertiary/aromatic N) is 2. The number of thiazole rings is 1. The Balaban J connectivity index is 1.58. The van der Waals surface area contributed by atoms with Crippen LogP contribution in [0.1, 0.15) is 40.8 Å². The third-order valence-corrected chi connectivity index (χ3v) is 6.22. The average Bonchev–Trinajstić information content (AvgIpc) is 3.28. The first-order valence-corrected chi connectivity index (χ1v) is 9.55.